The average molecular weight is 510 g/mol. The summed E-state index contributed by atoms with van der Waals surface area (Å²) in [5.74, 6) is -0.116. The first-order chi connectivity index (χ1) is 16.5. The summed E-state index contributed by atoms with van der Waals surface area (Å²) in [5, 5.41) is 25.2. The molecular weight excluding hydrogens is 484 g/mol. The van der Waals surface area contributed by atoms with Gasteiger partial charge in [0.15, 0.2) is 0 Å². The van der Waals surface area contributed by atoms with Gasteiger partial charge in [0.1, 0.15) is 0 Å². The van der Waals surface area contributed by atoms with Crippen LogP contribution in [0.4, 0.5) is 0 Å². The Balaban J connectivity index is 0.00000342. The van der Waals surface area contributed by atoms with Gasteiger partial charge in [0.05, 0.1) is 24.5 Å². The first-order valence-corrected chi connectivity index (χ1v) is 11.3. The number of aliphatic imine (C=N–C) groups is 2. The third-order valence-corrected chi connectivity index (χ3v) is 5.51. The van der Waals surface area contributed by atoms with E-state index in [4.69, 9.17) is 9.98 Å². The number of nitrogens with zero attached hydrogens (tertiary/aromatic N) is 2. The van der Waals surface area contributed by atoms with Gasteiger partial charge in [-0.05, 0) is 25.0 Å². The van der Waals surface area contributed by atoms with E-state index in [-0.39, 0.29) is 28.6 Å². The molecular formula is C30H26CuN2O2. The first kappa shape index (κ1) is 26.0. The van der Waals surface area contributed by atoms with Crippen LogP contribution in [0.1, 0.15) is 33.4 Å². The van der Waals surface area contributed by atoms with Crippen LogP contribution in [0.3, 0.4) is 0 Å². The summed E-state index contributed by atoms with van der Waals surface area (Å²) >= 11 is 0. The number of benzene rings is 4. The predicted molar refractivity (Wildman–Crippen MR) is 135 cm³/mol. The third-order valence-electron chi connectivity index (χ3n) is 5.51. The fraction of sp³-hybridized carbons (Fsp3) is 0.133. The smallest absolute Gasteiger partial charge is 0.872 e. The van der Waals surface area contributed by atoms with E-state index in [1.165, 1.54) is 0 Å². The fourth-order valence-corrected chi connectivity index (χ4v) is 3.84. The molecule has 0 atom stereocenters. The molecule has 0 bridgehead atoms. The van der Waals surface area contributed by atoms with Gasteiger partial charge >= 0.3 is 17.1 Å². The second kappa shape index (κ2) is 12.2. The Labute approximate surface area is 217 Å². The van der Waals surface area contributed by atoms with E-state index in [9.17, 15) is 10.2 Å². The molecule has 0 unspecified atom stereocenters. The molecule has 4 aromatic rings. The van der Waals surface area contributed by atoms with Crippen LogP contribution in [0, 0.1) is 13.8 Å². The molecule has 1 radical (unpaired) electrons. The van der Waals surface area contributed by atoms with Crippen LogP contribution in [0.2, 0.25) is 0 Å². The second-order valence-electron chi connectivity index (χ2n) is 8.19. The molecule has 0 N–H and O–H groups in total. The minimum Gasteiger partial charge on any atom is -0.872 e. The maximum Gasteiger partial charge on any atom is 2.00 e. The normalized spacial score (nSPS) is 11.7. The maximum absolute atomic E-state index is 12.6. The molecule has 4 rings (SSSR count). The molecule has 4 aromatic carbocycles. The summed E-state index contributed by atoms with van der Waals surface area (Å²) in [7, 11) is 0. The van der Waals surface area contributed by atoms with E-state index < -0.39 is 0 Å². The minimum absolute atomic E-state index is 0. The predicted octanol–water partition coefficient (Wildman–Crippen LogP) is 4.82. The fourth-order valence-electron chi connectivity index (χ4n) is 3.84. The Hall–Kier alpha value is -3.66. The summed E-state index contributed by atoms with van der Waals surface area (Å²) < 4.78 is 0. The van der Waals surface area contributed by atoms with Crippen LogP contribution in [0.15, 0.2) is 107 Å². The van der Waals surface area contributed by atoms with Gasteiger partial charge in [-0.25, -0.2) is 0 Å². The van der Waals surface area contributed by atoms with Crippen molar-refractivity contribution >= 4 is 11.4 Å². The topological polar surface area (TPSA) is 70.8 Å². The van der Waals surface area contributed by atoms with Crippen LogP contribution in [-0.4, -0.2) is 24.5 Å². The van der Waals surface area contributed by atoms with Crippen molar-refractivity contribution in [2.45, 2.75) is 13.8 Å². The van der Waals surface area contributed by atoms with E-state index in [0.717, 1.165) is 22.3 Å². The third kappa shape index (κ3) is 6.48. The Morgan fingerprint density at radius 2 is 0.943 bits per heavy atom. The molecule has 0 fully saturated rings. The van der Waals surface area contributed by atoms with Crippen molar-refractivity contribution in [2.24, 2.45) is 9.98 Å². The second-order valence-corrected chi connectivity index (χ2v) is 8.19. The summed E-state index contributed by atoms with van der Waals surface area (Å²) in [6.07, 6.45) is 0. The van der Waals surface area contributed by atoms with Gasteiger partial charge in [-0.2, -0.15) is 0 Å². The van der Waals surface area contributed by atoms with Gasteiger partial charge < -0.3 is 10.2 Å². The average Bonchev–Trinajstić information content (AvgIpc) is 2.86. The molecule has 0 aromatic heterocycles. The zero-order chi connectivity index (χ0) is 23.9. The quantitative estimate of drug-likeness (QED) is 0.203. The van der Waals surface area contributed by atoms with Gasteiger partial charge in [0, 0.05) is 11.1 Å². The summed E-state index contributed by atoms with van der Waals surface area (Å²) in [6, 6.07) is 30.0. The van der Waals surface area contributed by atoms with E-state index in [1.807, 2.05) is 98.8 Å². The monoisotopic (exact) mass is 509 g/mol. The van der Waals surface area contributed by atoms with Crippen molar-refractivity contribution in [3.8, 4) is 11.5 Å². The summed E-state index contributed by atoms with van der Waals surface area (Å²) in [6.45, 7) is 4.69. The van der Waals surface area contributed by atoms with Gasteiger partial charge in [-0.15, -0.1) is 0 Å². The molecule has 35 heavy (non-hydrogen) atoms. The molecule has 0 aliphatic rings. The number of hydrogen-bond acceptors (Lipinski definition) is 4. The van der Waals surface area contributed by atoms with Crippen molar-refractivity contribution in [1.82, 2.24) is 0 Å². The molecule has 0 amide bonds. The van der Waals surface area contributed by atoms with Crippen molar-refractivity contribution in [3.05, 3.63) is 130 Å². The number of rotatable bonds is 7. The minimum atomic E-state index is -0.0579. The molecule has 0 aliphatic carbocycles. The van der Waals surface area contributed by atoms with Crippen LogP contribution in [-0.2, 0) is 17.1 Å². The summed E-state index contributed by atoms with van der Waals surface area (Å²) in [5.41, 5.74) is 6.26. The van der Waals surface area contributed by atoms with E-state index >= 15 is 0 Å². The SMILES string of the molecule is Cc1ccc([O-])c(C(=NCCN=C(c2ccccc2)c2cc(C)ccc2[O-])c2ccccc2)c1.[Cu+2]. The molecule has 0 saturated heterocycles. The van der Waals surface area contributed by atoms with E-state index in [0.29, 0.717) is 35.6 Å². The summed E-state index contributed by atoms with van der Waals surface area (Å²) in [4.78, 5) is 9.59. The molecule has 0 aliphatic heterocycles. The Morgan fingerprint density at radius 3 is 1.31 bits per heavy atom. The molecule has 0 spiro atoms. The molecule has 4 nitrogen and oxygen atoms in total. The molecule has 179 valence electrons. The van der Waals surface area contributed by atoms with Crippen molar-refractivity contribution in [2.75, 3.05) is 13.1 Å². The Kier molecular flexibility index (Phi) is 9.02. The van der Waals surface area contributed by atoms with Crippen LogP contribution >= 0.6 is 0 Å². The maximum atomic E-state index is 12.6. The van der Waals surface area contributed by atoms with Gasteiger partial charge in [-0.3, -0.25) is 9.98 Å². The van der Waals surface area contributed by atoms with Crippen molar-refractivity contribution in [1.29, 1.82) is 0 Å². The number of hydrogen-bond donors (Lipinski definition) is 0. The van der Waals surface area contributed by atoms with Gasteiger partial charge in [0.25, 0.3) is 0 Å². The van der Waals surface area contributed by atoms with Gasteiger partial charge in [0.2, 0.25) is 0 Å². The first-order valence-electron chi connectivity index (χ1n) is 11.3. The zero-order valence-electron chi connectivity index (χ0n) is 19.7. The van der Waals surface area contributed by atoms with E-state index in [1.54, 1.807) is 12.1 Å². The zero-order valence-corrected chi connectivity index (χ0v) is 20.6. The molecule has 0 heterocycles. The van der Waals surface area contributed by atoms with E-state index in [2.05, 4.69) is 0 Å². The van der Waals surface area contributed by atoms with Crippen LogP contribution < -0.4 is 10.2 Å². The standard InChI is InChI=1S/C30H28N2O2.Cu/c1-21-13-15-27(33)25(19-21)29(23-9-5-3-6-10-23)31-17-18-32-30(24-11-7-4-8-12-24)26-20-22(2)14-16-28(26)34;/h3-16,19-20,33-34H,17-18H2,1-2H3;/q;+2/p-2. The largest absolute Gasteiger partial charge is 2.00 e. The van der Waals surface area contributed by atoms with Crippen molar-refractivity contribution in [3.63, 3.8) is 0 Å². The Morgan fingerprint density at radius 1 is 0.571 bits per heavy atom. The van der Waals surface area contributed by atoms with Crippen LogP contribution in [0.5, 0.6) is 11.5 Å². The number of aryl methyl sites for hydroxylation is 2. The van der Waals surface area contributed by atoms with Gasteiger partial charge in [-0.1, -0.05) is 120 Å². The molecule has 0 saturated carbocycles. The van der Waals surface area contributed by atoms with Crippen LogP contribution in [0.25, 0.3) is 0 Å². The Bertz CT molecular complexity index is 1230. The molecule has 5 heteroatoms. The van der Waals surface area contributed by atoms with Crippen molar-refractivity contribution < 1.29 is 27.3 Å².